The number of rotatable bonds is 3. The topological polar surface area (TPSA) is 73.1 Å². The van der Waals surface area contributed by atoms with Crippen LogP contribution in [0.25, 0.3) is 0 Å². The molecule has 2 unspecified atom stereocenters. The molecule has 0 radical (unpaired) electrons. The second-order valence-electron chi connectivity index (χ2n) is 3.02. The second kappa shape index (κ2) is 4.91. The van der Waals surface area contributed by atoms with Crippen LogP contribution >= 0.6 is 0 Å². The van der Waals surface area contributed by atoms with Crippen molar-refractivity contribution >= 4 is 11.1 Å². The van der Waals surface area contributed by atoms with Gasteiger partial charge in [0.05, 0.1) is 13.2 Å². The Bertz CT molecular complexity index is 425. The van der Waals surface area contributed by atoms with E-state index in [4.69, 9.17) is 10.00 Å². The third-order valence-corrected chi connectivity index (χ3v) is 2.73. The summed E-state index contributed by atoms with van der Waals surface area (Å²) in [7, 11) is 1.44. The lowest BCUT2D eigenvalue weighted by atomic mass is 10.1. The Morgan fingerprint density at radius 3 is 2.73 bits per heavy atom. The van der Waals surface area contributed by atoms with Gasteiger partial charge in [-0.3, -0.25) is 4.21 Å². The molecule has 1 rings (SSSR count). The normalized spacial score (nSPS) is 14.0. The lowest BCUT2D eigenvalue weighted by Crippen LogP contribution is -2.05. The molecule has 0 saturated heterocycles. The Balaban J connectivity index is 3.24. The van der Waals surface area contributed by atoms with Crippen LogP contribution in [0, 0.1) is 18.3 Å². The van der Waals surface area contributed by atoms with E-state index in [0.29, 0.717) is 11.3 Å². The van der Waals surface area contributed by atoms with Gasteiger partial charge in [-0.15, -0.1) is 0 Å². The van der Waals surface area contributed by atoms with E-state index in [2.05, 4.69) is 0 Å². The Morgan fingerprint density at radius 2 is 2.27 bits per heavy atom. The molecule has 0 aliphatic carbocycles. The average Bonchev–Trinajstić information content (AvgIpc) is 2.20. The molecule has 0 heterocycles. The third kappa shape index (κ3) is 2.55. The first-order chi connectivity index (χ1) is 7.10. The number of benzene rings is 1. The molecule has 1 aromatic rings. The quantitative estimate of drug-likeness (QED) is 0.728. The molecule has 2 atom stereocenters. The first-order valence-electron chi connectivity index (χ1n) is 4.22. The van der Waals surface area contributed by atoms with Gasteiger partial charge >= 0.3 is 0 Å². The molecule has 15 heavy (non-hydrogen) atoms. The molecule has 0 fully saturated rings. The van der Waals surface area contributed by atoms with Crippen molar-refractivity contribution in [2.75, 3.05) is 7.11 Å². The molecule has 80 valence electrons. The van der Waals surface area contributed by atoms with Crippen molar-refractivity contribution in [2.45, 2.75) is 12.2 Å². The van der Waals surface area contributed by atoms with Crippen molar-refractivity contribution in [3.63, 3.8) is 0 Å². The van der Waals surface area contributed by atoms with E-state index in [1.807, 2.05) is 6.92 Å². The van der Waals surface area contributed by atoms with Gasteiger partial charge in [0.15, 0.2) is 0 Å². The molecule has 0 aliphatic rings. The molecule has 0 N–H and O–H groups in total. The molecular weight excluding hydrogens is 214 g/mol. The van der Waals surface area contributed by atoms with E-state index in [1.54, 1.807) is 24.3 Å². The number of hydrogen-bond donors (Lipinski definition) is 0. The van der Waals surface area contributed by atoms with Crippen LogP contribution in [0.5, 0.6) is 5.75 Å². The molecule has 0 bridgehead atoms. The average molecular weight is 224 g/mol. The third-order valence-electron chi connectivity index (χ3n) is 1.98. The van der Waals surface area contributed by atoms with Gasteiger partial charge in [0.2, 0.25) is 0 Å². The maximum Gasteiger partial charge on any atom is 0.137 e. The molecule has 0 saturated carbocycles. The smallest absolute Gasteiger partial charge is 0.137 e. The molecular formula is C10H10NO3S-. The van der Waals surface area contributed by atoms with Crippen LogP contribution in [0.15, 0.2) is 18.2 Å². The second-order valence-corrected chi connectivity index (χ2v) is 4.01. The number of methoxy groups -OCH3 is 1. The molecule has 0 spiro atoms. The maximum atomic E-state index is 10.8. The SMILES string of the molecule is COc1cc(C)ccc1C(C#N)S(=O)[O-]. The van der Waals surface area contributed by atoms with Crippen LogP contribution in [0.2, 0.25) is 0 Å². The van der Waals surface area contributed by atoms with E-state index >= 15 is 0 Å². The summed E-state index contributed by atoms with van der Waals surface area (Å²) in [5.41, 5.74) is 1.32. The minimum absolute atomic E-state index is 0.374. The zero-order chi connectivity index (χ0) is 11.4. The van der Waals surface area contributed by atoms with E-state index in [-0.39, 0.29) is 0 Å². The predicted molar refractivity (Wildman–Crippen MR) is 55.0 cm³/mol. The van der Waals surface area contributed by atoms with Crippen LogP contribution in [0.1, 0.15) is 16.4 Å². The molecule has 4 nitrogen and oxygen atoms in total. The van der Waals surface area contributed by atoms with Crippen molar-refractivity contribution in [1.82, 2.24) is 0 Å². The Kier molecular flexibility index (Phi) is 3.83. The molecule has 1 aromatic carbocycles. The highest BCUT2D eigenvalue weighted by Crippen LogP contribution is 2.28. The van der Waals surface area contributed by atoms with Gasteiger partial charge in [-0.2, -0.15) is 5.26 Å². The zero-order valence-electron chi connectivity index (χ0n) is 8.39. The van der Waals surface area contributed by atoms with Crippen molar-refractivity contribution in [3.05, 3.63) is 29.3 Å². The monoisotopic (exact) mass is 224 g/mol. The fourth-order valence-electron chi connectivity index (χ4n) is 1.25. The zero-order valence-corrected chi connectivity index (χ0v) is 9.21. The van der Waals surface area contributed by atoms with E-state index < -0.39 is 16.3 Å². The minimum atomic E-state index is -2.46. The summed E-state index contributed by atoms with van der Waals surface area (Å²) in [4.78, 5) is 0. The van der Waals surface area contributed by atoms with Gasteiger partial charge in [0.1, 0.15) is 11.0 Å². The van der Waals surface area contributed by atoms with Crippen LogP contribution < -0.4 is 4.74 Å². The van der Waals surface area contributed by atoms with Gasteiger partial charge in [-0.25, -0.2) is 0 Å². The fraction of sp³-hybridized carbons (Fsp3) is 0.300. The van der Waals surface area contributed by atoms with Crippen LogP contribution in [0.4, 0.5) is 0 Å². The van der Waals surface area contributed by atoms with Gasteiger partial charge < -0.3 is 9.29 Å². The number of aryl methyl sites for hydroxylation is 1. The summed E-state index contributed by atoms with van der Waals surface area (Å²) in [5, 5.41) is 7.56. The molecule has 0 aliphatic heterocycles. The largest absolute Gasteiger partial charge is 0.771 e. The summed E-state index contributed by atoms with van der Waals surface area (Å²) >= 11 is -2.46. The van der Waals surface area contributed by atoms with E-state index in [9.17, 15) is 8.76 Å². The highest BCUT2D eigenvalue weighted by atomic mass is 32.2. The number of ether oxygens (including phenoxy) is 1. The van der Waals surface area contributed by atoms with Crippen molar-refractivity contribution < 1.29 is 13.5 Å². The standard InChI is InChI=1S/C10H11NO3S/c1-7-3-4-8(9(5-7)14-2)10(6-11)15(12)13/h3-5,10H,1-2H3,(H,12,13)/p-1. The predicted octanol–water partition coefficient (Wildman–Crippen LogP) is 1.45. The highest BCUT2D eigenvalue weighted by molar-refractivity contribution is 7.79. The Labute approximate surface area is 90.8 Å². The minimum Gasteiger partial charge on any atom is -0.771 e. The lowest BCUT2D eigenvalue weighted by Gasteiger charge is -2.16. The summed E-state index contributed by atoms with van der Waals surface area (Å²) in [6, 6.07) is 6.76. The van der Waals surface area contributed by atoms with Crippen LogP contribution in [0.3, 0.4) is 0 Å². The summed E-state index contributed by atoms with van der Waals surface area (Å²) < 4.78 is 26.6. The van der Waals surface area contributed by atoms with Crippen molar-refractivity contribution in [1.29, 1.82) is 5.26 Å². The van der Waals surface area contributed by atoms with Gasteiger partial charge in [0.25, 0.3) is 0 Å². The number of nitriles is 1. The number of nitrogens with zero attached hydrogens (tertiary/aromatic N) is 1. The van der Waals surface area contributed by atoms with Crippen molar-refractivity contribution in [2.24, 2.45) is 0 Å². The lowest BCUT2D eigenvalue weighted by molar-refractivity contribution is 0.409. The maximum absolute atomic E-state index is 10.8. The summed E-state index contributed by atoms with van der Waals surface area (Å²) in [6.45, 7) is 1.86. The molecule has 5 heteroatoms. The van der Waals surface area contributed by atoms with Gasteiger partial charge in [-0.05, 0) is 29.6 Å². The van der Waals surface area contributed by atoms with E-state index in [0.717, 1.165) is 5.56 Å². The molecule has 0 amide bonds. The fourth-order valence-corrected chi connectivity index (χ4v) is 1.74. The van der Waals surface area contributed by atoms with E-state index in [1.165, 1.54) is 7.11 Å². The van der Waals surface area contributed by atoms with Gasteiger partial charge in [0, 0.05) is 5.56 Å². The Morgan fingerprint density at radius 1 is 1.60 bits per heavy atom. The summed E-state index contributed by atoms with van der Waals surface area (Å²) in [6.07, 6.45) is 0. The first-order valence-corrected chi connectivity index (χ1v) is 5.36. The van der Waals surface area contributed by atoms with Gasteiger partial charge in [-0.1, -0.05) is 12.1 Å². The highest BCUT2D eigenvalue weighted by Gasteiger charge is 2.16. The first kappa shape index (κ1) is 11.7. The molecule has 0 aromatic heterocycles. The summed E-state index contributed by atoms with van der Waals surface area (Å²) in [5.74, 6) is 0.422. The Hall–Kier alpha value is -1.38. The van der Waals surface area contributed by atoms with Crippen molar-refractivity contribution in [3.8, 4) is 11.8 Å². The van der Waals surface area contributed by atoms with Crippen LogP contribution in [-0.4, -0.2) is 15.9 Å². The number of hydrogen-bond acceptors (Lipinski definition) is 4. The van der Waals surface area contributed by atoms with Crippen LogP contribution in [-0.2, 0) is 11.1 Å².